The van der Waals surface area contributed by atoms with Gasteiger partial charge < -0.3 is 4.90 Å². The van der Waals surface area contributed by atoms with Crippen molar-refractivity contribution < 1.29 is 4.79 Å². The minimum atomic E-state index is 0.285. The number of carbonyl (C=O) groups excluding carboxylic acids is 1. The second-order valence-corrected chi connectivity index (χ2v) is 4.48. The monoisotopic (exact) mass is 243 g/mol. The maximum absolute atomic E-state index is 11.3. The summed E-state index contributed by atoms with van der Waals surface area (Å²) in [7, 11) is 0. The number of anilines is 1. The molecule has 15 heavy (non-hydrogen) atoms. The summed E-state index contributed by atoms with van der Waals surface area (Å²) in [6.45, 7) is 1.39. The molecule has 80 valence electrons. The van der Waals surface area contributed by atoms with Gasteiger partial charge in [0.1, 0.15) is 0 Å². The molecule has 1 fully saturated rings. The Kier molecular flexibility index (Phi) is 3.17. The zero-order valence-electron chi connectivity index (χ0n) is 8.17. The lowest BCUT2D eigenvalue weighted by Crippen LogP contribution is -2.35. The zero-order chi connectivity index (χ0) is 10.8. The molecule has 0 unspecified atom stereocenters. The fraction of sp³-hybridized carbons (Fsp3) is 0.364. The number of halogens is 2. The molecule has 0 radical (unpaired) electrons. The molecule has 0 amide bonds. The Morgan fingerprint density at radius 2 is 2.00 bits per heavy atom. The van der Waals surface area contributed by atoms with Gasteiger partial charge in [-0.2, -0.15) is 0 Å². The van der Waals surface area contributed by atoms with E-state index in [4.69, 9.17) is 23.2 Å². The quantitative estimate of drug-likeness (QED) is 0.756. The zero-order valence-corrected chi connectivity index (χ0v) is 9.68. The van der Waals surface area contributed by atoms with Crippen molar-refractivity contribution in [3.8, 4) is 0 Å². The van der Waals surface area contributed by atoms with Gasteiger partial charge in [-0.05, 0) is 24.6 Å². The minimum Gasteiger partial charge on any atom is -0.364 e. The second-order valence-electron chi connectivity index (χ2n) is 3.66. The highest BCUT2D eigenvalue weighted by Crippen LogP contribution is 2.28. The Balaban J connectivity index is 2.21. The summed E-state index contributed by atoms with van der Waals surface area (Å²) < 4.78 is 0. The maximum atomic E-state index is 11.3. The van der Waals surface area contributed by atoms with E-state index in [1.807, 2.05) is 17.0 Å². The molecule has 1 aromatic carbocycles. The lowest BCUT2D eigenvalue weighted by atomic mass is 10.1. The Morgan fingerprint density at radius 1 is 1.20 bits per heavy atom. The van der Waals surface area contributed by atoms with E-state index in [1.54, 1.807) is 6.07 Å². The summed E-state index contributed by atoms with van der Waals surface area (Å²) in [6.07, 6.45) is 1.61. The number of carbonyl (C=O) groups is 1. The largest absolute Gasteiger partial charge is 0.364 e. The summed E-state index contributed by atoms with van der Waals surface area (Å²) in [5.41, 5.74) is 0.970. The third-order valence-electron chi connectivity index (χ3n) is 2.52. The number of rotatable bonds is 1. The van der Waals surface area contributed by atoms with Gasteiger partial charge in [0.15, 0.2) is 5.78 Å². The lowest BCUT2D eigenvalue weighted by molar-refractivity contribution is -0.118. The predicted octanol–water partition coefficient (Wildman–Crippen LogP) is 3.16. The molecule has 2 nitrogen and oxygen atoms in total. The van der Waals surface area contributed by atoms with Crippen LogP contribution >= 0.6 is 23.2 Å². The average molecular weight is 244 g/mol. The normalized spacial score (nSPS) is 16.9. The standard InChI is InChI=1S/C11H11Cl2NO/c12-10-4-3-8(6-11(10)13)14-5-1-2-9(15)7-14/h3-4,6H,1-2,5,7H2. The van der Waals surface area contributed by atoms with Crippen molar-refractivity contribution in [2.24, 2.45) is 0 Å². The van der Waals surface area contributed by atoms with E-state index < -0.39 is 0 Å². The lowest BCUT2D eigenvalue weighted by Gasteiger charge is -2.28. The van der Waals surface area contributed by atoms with Gasteiger partial charge in [0.05, 0.1) is 16.6 Å². The summed E-state index contributed by atoms with van der Waals surface area (Å²) in [6, 6.07) is 5.47. The van der Waals surface area contributed by atoms with Crippen LogP contribution in [0.2, 0.25) is 10.0 Å². The molecule has 0 saturated carbocycles. The number of ketones is 1. The van der Waals surface area contributed by atoms with Gasteiger partial charge in [-0.25, -0.2) is 0 Å². The van der Waals surface area contributed by atoms with Crippen LogP contribution in [0.25, 0.3) is 0 Å². The first kappa shape index (κ1) is 10.8. The summed E-state index contributed by atoms with van der Waals surface area (Å²) in [4.78, 5) is 13.3. The Morgan fingerprint density at radius 3 is 2.67 bits per heavy atom. The van der Waals surface area contributed by atoms with Crippen LogP contribution in [0, 0.1) is 0 Å². The Bertz CT molecular complexity index is 392. The molecule has 0 atom stereocenters. The Labute approximate surface area is 98.8 Å². The van der Waals surface area contributed by atoms with Gasteiger partial charge >= 0.3 is 0 Å². The molecule has 1 aliphatic heterocycles. The van der Waals surface area contributed by atoms with Gasteiger partial charge in [-0.1, -0.05) is 23.2 Å². The Hall–Kier alpha value is -0.730. The number of nitrogens with zero attached hydrogens (tertiary/aromatic N) is 1. The smallest absolute Gasteiger partial charge is 0.152 e. The van der Waals surface area contributed by atoms with Crippen molar-refractivity contribution in [2.75, 3.05) is 18.0 Å². The van der Waals surface area contributed by atoms with Crippen molar-refractivity contribution in [1.82, 2.24) is 0 Å². The molecular weight excluding hydrogens is 233 g/mol. The van der Waals surface area contributed by atoms with E-state index in [0.717, 1.165) is 18.7 Å². The van der Waals surface area contributed by atoms with Crippen molar-refractivity contribution >= 4 is 34.7 Å². The molecule has 1 aromatic rings. The van der Waals surface area contributed by atoms with E-state index >= 15 is 0 Å². The van der Waals surface area contributed by atoms with Crippen LogP contribution < -0.4 is 4.90 Å². The number of piperidine rings is 1. The van der Waals surface area contributed by atoms with Crippen molar-refractivity contribution in [3.63, 3.8) is 0 Å². The van der Waals surface area contributed by atoms with E-state index in [0.29, 0.717) is 23.0 Å². The van der Waals surface area contributed by atoms with Crippen LogP contribution in [-0.4, -0.2) is 18.9 Å². The molecule has 0 aromatic heterocycles. The van der Waals surface area contributed by atoms with Gasteiger partial charge in [0, 0.05) is 18.7 Å². The topological polar surface area (TPSA) is 20.3 Å². The first-order valence-corrected chi connectivity index (χ1v) is 5.64. The van der Waals surface area contributed by atoms with Crippen LogP contribution in [-0.2, 0) is 4.79 Å². The summed E-state index contributed by atoms with van der Waals surface area (Å²) >= 11 is 11.8. The average Bonchev–Trinajstić information content (AvgIpc) is 2.22. The van der Waals surface area contributed by atoms with Crippen molar-refractivity contribution in [1.29, 1.82) is 0 Å². The number of hydrogen-bond donors (Lipinski definition) is 0. The van der Waals surface area contributed by atoms with Crippen LogP contribution in [0.1, 0.15) is 12.8 Å². The SMILES string of the molecule is O=C1CCCN(c2ccc(Cl)c(Cl)c2)C1. The molecule has 0 N–H and O–H groups in total. The van der Waals surface area contributed by atoms with Gasteiger partial charge in [0.2, 0.25) is 0 Å². The number of hydrogen-bond acceptors (Lipinski definition) is 2. The van der Waals surface area contributed by atoms with Crippen LogP contribution in [0.5, 0.6) is 0 Å². The molecular formula is C11H11Cl2NO. The third kappa shape index (κ3) is 2.44. The van der Waals surface area contributed by atoms with Gasteiger partial charge in [-0.3, -0.25) is 4.79 Å². The second kappa shape index (κ2) is 4.42. The molecule has 4 heteroatoms. The highest BCUT2D eigenvalue weighted by Gasteiger charge is 2.17. The molecule has 1 saturated heterocycles. The fourth-order valence-electron chi connectivity index (χ4n) is 1.74. The molecule has 0 spiro atoms. The van der Waals surface area contributed by atoms with E-state index in [1.165, 1.54) is 0 Å². The van der Waals surface area contributed by atoms with Crippen LogP contribution in [0.3, 0.4) is 0 Å². The van der Waals surface area contributed by atoms with Gasteiger partial charge in [0.25, 0.3) is 0 Å². The van der Waals surface area contributed by atoms with Crippen LogP contribution in [0.15, 0.2) is 18.2 Å². The highest BCUT2D eigenvalue weighted by atomic mass is 35.5. The van der Waals surface area contributed by atoms with E-state index in [9.17, 15) is 4.79 Å². The third-order valence-corrected chi connectivity index (χ3v) is 3.26. The van der Waals surface area contributed by atoms with Gasteiger partial charge in [-0.15, -0.1) is 0 Å². The summed E-state index contributed by atoms with van der Waals surface area (Å²) in [5, 5.41) is 1.08. The maximum Gasteiger partial charge on any atom is 0.152 e. The molecule has 2 rings (SSSR count). The summed E-state index contributed by atoms with van der Waals surface area (Å²) in [5.74, 6) is 0.285. The van der Waals surface area contributed by atoms with E-state index in [2.05, 4.69) is 0 Å². The molecule has 1 heterocycles. The first-order chi connectivity index (χ1) is 7.16. The molecule has 0 aliphatic carbocycles. The molecule has 0 bridgehead atoms. The van der Waals surface area contributed by atoms with Crippen molar-refractivity contribution in [2.45, 2.75) is 12.8 Å². The van der Waals surface area contributed by atoms with Crippen LogP contribution in [0.4, 0.5) is 5.69 Å². The fourth-order valence-corrected chi connectivity index (χ4v) is 2.03. The molecule has 1 aliphatic rings. The number of Topliss-reactive ketones (excluding diaryl/α,β-unsaturated/α-hetero) is 1. The first-order valence-electron chi connectivity index (χ1n) is 4.88. The predicted molar refractivity (Wildman–Crippen MR) is 62.9 cm³/mol. The minimum absolute atomic E-state index is 0.285. The number of benzene rings is 1. The van der Waals surface area contributed by atoms with E-state index in [-0.39, 0.29) is 5.78 Å². The highest BCUT2D eigenvalue weighted by molar-refractivity contribution is 6.42. The van der Waals surface area contributed by atoms with Crippen molar-refractivity contribution in [3.05, 3.63) is 28.2 Å².